The number of phenols is 1. The van der Waals surface area contributed by atoms with Crippen LogP contribution in [0.25, 0.3) is 16.8 Å². The number of phenolic OH excluding ortho intramolecular Hbond substituents is 1. The van der Waals surface area contributed by atoms with E-state index < -0.39 is 29.6 Å². The standard InChI is InChI=1S/C59H83N9O7S/c1-10-44(54-42(4)61-39-76-54)29-26-40(2)41(3)62-57(73)49-36-46(69)38-68(49)58(74)55(59(5,6)7)63-52(71)24-17-15-13-11-12-14-16-18-25-53(72)67(9)34-21-33-66(8)45-30-27-43(28-31-45)32-35-75-51-37-48(64-65-56(51)60)47-22-19-20-23-50(47)70/h10,19-20,22-23,26-31,37,39,41,46,49,55,69-70H,2,11-18,21,24-25,32-36,38H2,1,3-9H3,(H2,60,65)(H,62,73)(H,63,71)/b29-26-,44-10+/t41-,46+,49-,55+/m0/s1. The van der Waals surface area contributed by atoms with E-state index in [1.165, 1.54) is 4.90 Å². The van der Waals surface area contributed by atoms with E-state index in [9.17, 15) is 29.4 Å². The number of carbonyl (C=O) groups excluding carboxylic acids is 4. The number of para-hydroxylation sites is 1. The third-order valence-electron chi connectivity index (χ3n) is 13.9. The normalized spacial score (nSPS) is 15.6. The van der Waals surface area contributed by atoms with E-state index in [0.717, 1.165) is 85.3 Å². The van der Waals surface area contributed by atoms with Gasteiger partial charge in [-0.15, -0.1) is 21.5 Å². The number of ether oxygens (including phenoxy) is 1. The van der Waals surface area contributed by atoms with Crippen LogP contribution < -0.4 is 26.0 Å². The molecule has 0 spiro atoms. The molecule has 0 aliphatic carbocycles. The highest BCUT2D eigenvalue weighted by molar-refractivity contribution is 7.11. The highest BCUT2D eigenvalue weighted by atomic mass is 32.1. The van der Waals surface area contributed by atoms with Crippen molar-refractivity contribution in [2.45, 2.75) is 149 Å². The molecule has 2 aromatic carbocycles. The SMILES string of the molecule is C=C(/C=C\C(=C/C)c1scnc1C)[C@H](C)NC(=O)[C@@H]1C[C@@H](O)CN1C(=O)[C@@H](NC(=O)CCCCCCCCCCC(=O)N(C)CCCN(C)c1ccc(CCOc2cc(-c3ccccc3O)nnc2N)cc1)C(C)(C)C. The predicted molar refractivity (Wildman–Crippen MR) is 305 cm³/mol. The second kappa shape index (κ2) is 29.6. The molecule has 17 heteroatoms. The third-order valence-corrected chi connectivity index (χ3v) is 14.9. The molecule has 412 valence electrons. The molecule has 1 fully saturated rings. The van der Waals surface area contributed by atoms with Crippen LogP contribution in [0.2, 0.25) is 0 Å². The summed E-state index contributed by atoms with van der Waals surface area (Å²) in [6.45, 7) is 17.5. The number of unbranched alkanes of at least 4 members (excludes halogenated alkanes) is 7. The number of aryl methyl sites for hydroxylation is 1. The maximum Gasteiger partial charge on any atom is 0.246 e. The molecular weight excluding hydrogens is 979 g/mol. The van der Waals surface area contributed by atoms with Gasteiger partial charge in [-0.05, 0) is 86.4 Å². The summed E-state index contributed by atoms with van der Waals surface area (Å²) < 4.78 is 5.95. The van der Waals surface area contributed by atoms with E-state index in [-0.39, 0.29) is 48.2 Å². The molecule has 1 aliphatic heterocycles. The van der Waals surface area contributed by atoms with E-state index in [1.807, 2.05) is 83.3 Å². The number of β-amino-alcohol motifs (C(OH)–C–C–N with tert-alkyl or cyclic N) is 1. The summed E-state index contributed by atoms with van der Waals surface area (Å²) in [7, 11) is 3.94. The van der Waals surface area contributed by atoms with Crippen LogP contribution in [0.3, 0.4) is 0 Å². The molecule has 0 radical (unpaired) electrons. The zero-order valence-corrected chi connectivity index (χ0v) is 47.0. The molecule has 4 aromatic rings. The number of amides is 4. The molecule has 6 N–H and O–H groups in total. The highest BCUT2D eigenvalue weighted by Crippen LogP contribution is 2.32. The fourth-order valence-electron chi connectivity index (χ4n) is 9.11. The number of aliphatic hydroxyl groups is 1. The van der Waals surface area contributed by atoms with Crippen LogP contribution in [0.15, 0.2) is 90.5 Å². The number of anilines is 2. The lowest BCUT2D eigenvalue weighted by atomic mass is 9.85. The Kier molecular flexibility index (Phi) is 23.5. The molecule has 1 aliphatic rings. The number of thiazole rings is 1. The minimum absolute atomic E-state index is 0.00840. The number of aromatic nitrogens is 3. The van der Waals surface area contributed by atoms with Crippen molar-refractivity contribution in [1.82, 2.24) is 35.6 Å². The Morgan fingerprint density at radius 2 is 1.61 bits per heavy atom. The number of nitrogens with two attached hydrogens (primary N) is 1. The lowest BCUT2D eigenvalue weighted by Gasteiger charge is -2.35. The van der Waals surface area contributed by atoms with Gasteiger partial charge in [-0.2, -0.15) is 0 Å². The number of aromatic hydroxyl groups is 1. The van der Waals surface area contributed by atoms with Gasteiger partial charge in [0, 0.05) is 76.7 Å². The minimum Gasteiger partial charge on any atom is -0.507 e. The molecule has 5 rings (SSSR count). The number of allylic oxidation sites excluding steroid dienone is 3. The Bertz CT molecular complexity index is 2610. The van der Waals surface area contributed by atoms with Crippen molar-refractivity contribution in [1.29, 1.82) is 0 Å². The lowest BCUT2D eigenvalue weighted by Crippen LogP contribution is -2.58. The number of benzene rings is 2. The largest absolute Gasteiger partial charge is 0.507 e. The average molecular weight is 1060 g/mol. The summed E-state index contributed by atoms with van der Waals surface area (Å²) in [5, 5.41) is 34.9. The van der Waals surface area contributed by atoms with Crippen LogP contribution in [-0.2, 0) is 25.6 Å². The summed E-state index contributed by atoms with van der Waals surface area (Å²) in [4.78, 5) is 64.7. The van der Waals surface area contributed by atoms with Gasteiger partial charge in [0.25, 0.3) is 0 Å². The van der Waals surface area contributed by atoms with Gasteiger partial charge in [0.1, 0.15) is 23.5 Å². The van der Waals surface area contributed by atoms with Crippen LogP contribution in [0.1, 0.15) is 128 Å². The molecule has 0 unspecified atom stereocenters. The van der Waals surface area contributed by atoms with E-state index in [1.54, 1.807) is 35.6 Å². The second-order valence-corrected chi connectivity index (χ2v) is 21.9. The van der Waals surface area contributed by atoms with Crippen molar-refractivity contribution in [2.24, 2.45) is 5.41 Å². The van der Waals surface area contributed by atoms with E-state index >= 15 is 0 Å². The Hall–Kier alpha value is -6.59. The highest BCUT2D eigenvalue weighted by Gasteiger charge is 2.44. The van der Waals surface area contributed by atoms with Gasteiger partial charge in [0.15, 0.2) is 11.6 Å². The van der Waals surface area contributed by atoms with Gasteiger partial charge in [-0.25, -0.2) is 4.98 Å². The first kappa shape index (κ1) is 60.3. The second-order valence-electron chi connectivity index (χ2n) is 21.1. The van der Waals surface area contributed by atoms with Crippen molar-refractivity contribution in [3.05, 3.63) is 107 Å². The zero-order chi connectivity index (χ0) is 55.4. The number of carbonyl (C=O) groups is 4. The summed E-state index contributed by atoms with van der Waals surface area (Å²) in [5.41, 5.74) is 13.1. The number of rotatable bonds is 29. The smallest absolute Gasteiger partial charge is 0.246 e. The van der Waals surface area contributed by atoms with E-state index in [2.05, 4.69) is 68.6 Å². The molecule has 3 heterocycles. The van der Waals surface area contributed by atoms with Crippen molar-refractivity contribution < 1.29 is 34.1 Å². The molecule has 4 atom stereocenters. The molecule has 1 saturated heterocycles. The fraction of sp³-hybridized carbons (Fsp3) is 0.508. The van der Waals surface area contributed by atoms with E-state index in [4.69, 9.17) is 10.5 Å². The molecule has 16 nitrogen and oxygen atoms in total. The van der Waals surface area contributed by atoms with Crippen molar-refractivity contribution >= 4 is 52.0 Å². The number of nitrogen functional groups attached to an aromatic ring is 1. The molecular formula is C59H83N9O7S. The molecule has 76 heavy (non-hydrogen) atoms. The molecule has 2 aromatic heterocycles. The summed E-state index contributed by atoms with van der Waals surface area (Å²) in [6.07, 6.45) is 15.1. The minimum atomic E-state index is -0.883. The summed E-state index contributed by atoms with van der Waals surface area (Å²) >= 11 is 1.56. The van der Waals surface area contributed by atoms with Crippen LogP contribution in [0.4, 0.5) is 11.5 Å². The number of nitrogens with zero attached hydrogens (tertiary/aromatic N) is 6. The summed E-state index contributed by atoms with van der Waals surface area (Å²) in [6, 6.07) is 14.8. The van der Waals surface area contributed by atoms with Crippen molar-refractivity contribution in [3.8, 4) is 22.8 Å². The van der Waals surface area contributed by atoms with Gasteiger partial charge in [0.2, 0.25) is 23.6 Å². The van der Waals surface area contributed by atoms with Crippen LogP contribution >= 0.6 is 11.3 Å². The fourth-order valence-corrected chi connectivity index (χ4v) is 9.97. The maximum absolute atomic E-state index is 14.1. The zero-order valence-electron chi connectivity index (χ0n) is 46.1. The predicted octanol–water partition coefficient (Wildman–Crippen LogP) is 9.22. The number of hydrogen-bond acceptors (Lipinski definition) is 13. The third kappa shape index (κ3) is 18.3. The van der Waals surface area contributed by atoms with Crippen molar-refractivity contribution in [2.75, 3.05) is 51.0 Å². The number of likely N-dealkylation sites (tertiary alicyclic amines) is 1. The van der Waals surface area contributed by atoms with Crippen LogP contribution in [-0.4, -0.2) is 123 Å². The Morgan fingerprint density at radius 3 is 2.25 bits per heavy atom. The maximum atomic E-state index is 14.1. The number of aliphatic hydroxyl groups excluding tert-OH is 1. The Labute approximate surface area is 454 Å². The van der Waals surface area contributed by atoms with Crippen molar-refractivity contribution in [3.63, 3.8) is 0 Å². The Balaban J connectivity index is 0.911. The lowest BCUT2D eigenvalue weighted by molar-refractivity contribution is -0.144. The first-order valence-electron chi connectivity index (χ1n) is 26.9. The van der Waals surface area contributed by atoms with Crippen LogP contribution in [0, 0.1) is 12.3 Å². The summed E-state index contributed by atoms with van der Waals surface area (Å²) in [5.74, 6) is -0.0833. The monoisotopic (exact) mass is 1060 g/mol. The van der Waals surface area contributed by atoms with Gasteiger partial charge < -0.3 is 46.0 Å². The Morgan fingerprint density at radius 1 is 0.934 bits per heavy atom. The van der Waals surface area contributed by atoms with Gasteiger partial charge >= 0.3 is 0 Å². The topological polar surface area (TPSA) is 216 Å². The van der Waals surface area contributed by atoms with Gasteiger partial charge in [0.05, 0.1) is 34.8 Å². The van der Waals surface area contributed by atoms with Gasteiger partial charge in [-0.3, -0.25) is 19.2 Å². The molecule has 0 bridgehead atoms. The van der Waals surface area contributed by atoms with Crippen LogP contribution in [0.5, 0.6) is 11.5 Å². The first-order valence-corrected chi connectivity index (χ1v) is 27.8. The molecule has 4 amide bonds. The molecule has 0 saturated carbocycles. The first-order chi connectivity index (χ1) is 36.3. The quantitative estimate of drug-likeness (QED) is 0.0254. The van der Waals surface area contributed by atoms with E-state index in [0.29, 0.717) is 61.4 Å². The number of hydrogen-bond donors (Lipinski definition) is 5. The van der Waals surface area contributed by atoms with Gasteiger partial charge in [-0.1, -0.05) is 108 Å². The average Bonchev–Trinajstić information content (AvgIpc) is 4.01. The number of nitrogens with one attached hydrogen (secondary N) is 2.